The van der Waals surface area contributed by atoms with E-state index in [0.717, 1.165) is 16.9 Å². The molecule has 0 N–H and O–H groups in total. The van der Waals surface area contributed by atoms with E-state index in [2.05, 4.69) is 46.4 Å². The Balaban J connectivity index is 1.46. The van der Waals surface area contributed by atoms with Gasteiger partial charge in [0.05, 0.1) is 19.0 Å². The maximum absolute atomic E-state index is 12.7. The summed E-state index contributed by atoms with van der Waals surface area (Å²) in [5.41, 5.74) is 3.94. The lowest BCUT2D eigenvalue weighted by Crippen LogP contribution is -2.50. The molecule has 7 nitrogen and oxygen atoms in total. The molecular weight excluding hydrogens is 366 g/mol. The molecule has 0 radical (unpaired) electrons. The zero-order valence-electron chi connectivity index (χ0n) is 16.6. The van der Waals surface area contributed by atoms with Crippen molar-refractivity contribution < 1.29 is 9.53 Å². The van der Waals surface area contributed by atoms with Crippen molar-refractivity contribution in [1.29, 1.82) is 0 Å². The maximum atomic E-state index is 12.7. The van der Waals surface area contributed by atoms with Gasteiger partial charge in [-0.25, -0.2) is 4.98 Å². The summed E-state index contributed by atoms with van der Waals surface area (Å²) in [4.78, 5) is 21.1. The second-order valence-electron chi connectivity index (χ2n) is 7.10. The minimum absolute atomic E-state index is 0.0622. The Kier molecular flexibility index (Phi) is 5.37. The molecule has 0 unspecified atom stereocenters. The first-order valence-electron chi connectivity index (χ1n) is 9.55. The molecule has 148 valence electrons. The molecule has 29 heavy (non-hydrogen) atoms. The van der Waals surface area contributed by atoms with E-state index >= 15 is 0 Å². The van der Waals surface area contributed by atoms with Crippen molar-refractivity contribution in [1.82, 2.24) is 20.1 Å². The first-order chi connectivity index (χ1) is 14.1. The molecule has 1 saturated heterocycles. The van der Waals surface area contributed by atoms with Gasteiger partial charge < -0.3 is 14.5 Å². The average Bonchev–Trinajstić information content (AvgIpc) is 2.77. The van der Waals surface area contributed by atoms with Gasteiger partial charge in [0.1, 0.15) is 12.3 Å². The Labute approximate surface area is 170 Å². The van der Waals surface area contributed by atoms with Gasteiger partial charge in [-0.05, 0) is 24.6 Å². The quantitative estimate of drug-likeness (QED) is 0.668. The van der Waals surface area contributed by atoms with Crippen LogP contribution >= 0.6 is 0 Å². The lowest BCUT2D eigenvalue weighted by Gasteiger charge is -2.34. The van der Waals surface area contributed by atoms with E-state index in [0.29, 0.717) is 31.3 Å². The SMILES string of the molecule is COc1cccc(-c2cnnc(N3CCN(Cc4ccc(C)cc4)C(=O)C3)n2)c1. The summed E-state index contributed by atoms with van der Waals surface area (Å²) in [5, 5.41) is 8.24. The van der Waals surface area contributed by atoms with E-state index in [1.165, 1.54) is 5.56 Å². The van der Waals surface area contributed by atoms with Crippen LogP contribution in [-0.4, -0.2) is 52.7 Å². The highest BCUT2D eigenvalue weighted by Crippen LogP contribution is 2.23. The van der Waals surface area contributed by atoms with E-state index in [-0.39, 0.29) is 12.5 Å². The normalized spacial score (nSPS) is 14.2. The minimum Gasteiger partial charge on any atom is -0.497 e. The molecule has 1 aliphatic heterocycles. The fourth-order valence-electron chi connectivity index (χ4n) is 3.31. The van der Waals surface area contributed by atoms with Gasteiger partial charge in [-0.15, -0.1) is 5.10 Å². The molecule has 0 atom stereocenters. The lowest BCUT2D eigenvalue weighted by molar-refractivity contribution is -0.131. The van der Waals surface area contributed by atoms with E-state index in [9.17, 15) is 4.79 Å². The molecule has 2 aromatic carbocycles. The molecular formula is C22H23N5O2. The molecule has 0 bridgehead atoms. The van der Waals surface area contributed by atoms with Gasteiger partial charge in [0, 0.05) is 25.2 Å². The summed E-state index contributed by atoms with van der Waals surface area (Å²) in [7, 11) is 1.63. The molecule has 0 aliphatic carbocycles. The summed E-state index contributed by atoms with van der Waals surface area (Å²) < 4.78 is 5.28. The van der Waals surface area contributed by atoms with Crippen molar-refractivity contribution in [3.63, 3.8) is 0 Å². The van der Waals surface area contributed by atoms with E-state index in [4.69, 9.17) is 4.74 Å². The Hall–Kier alpha value is -3.48. The summed E-state index contributed by atoms with van der Waals surface area (Å²) in [5.74, 6) is 1.28. The van der Waals surface area contributed by atoms with Gasteiger partial charge in [-0.2, -0.15) is 5.10 Å². The third-order valence-corrected chi connectivity index (χ3v) is 5.01. The molecule has 3 aromatic rings. The number of benzene rings is 2. The van der Waals surface area contributed by atoms with Gasteiger partial charge >= 0.3 is 0 Å². The van der Waals surface area contributed by atoms with E-state index in [1.807, 2.05) is 34.1 Å². The Morgan fingerprint density at radius 1 is 1.10 bits per heavy atom. The molecule has 1 aliphatic rings. The second kappa shape index (κ2) is 8.26. The zero-order chi connectivity index (χ0) is 20.2. The van der Waals surface area contributed by atoms with Crippen LogP contribution in [0.4, 0.5) is 5.95 Å². The number of anilines is 1. The number of nitrogens with zero attached hydrogens (tertiary/aromatic N) is 5. The molecule has 0 saturated carbocycles. The highest BCUT2D eigenvalue weighted by Gasteiger charge is 2.26. The van der Waals surface area contributed by atoms with Crippen molar-refractivity contribution in [2.45, 2.75) is 13.5 Å². The zero-order valence-corrected chi connectivity index (χ0v) is 16.6. The van der Waals surface area contributed by atoms with Crippen LogP contribution in [0.3, 0.4) is 0 Å². The van der Waals surface area contributed by atoms with Crippen LogP contribution in [0.25, 0.3) is 11.3 Å². The number of amides is 1. The van der Waals surface area contributed by atoms with Crippen molar-refractivity contribution in [2.75, 3.05) is 31.6 Å². The second-order valence-corrected chi connectivity index (χ2v) is 7.10. The molecule has 0 spiro atoms. The Bertz CT molecular complexity index is 1010. The van der Waals surface area contributed by atoms with Gasteiger partial charge in [0.2, 0.25) is 11.9 Å². The van der Waals surface area contributed by atoms with Crippen LogP contribution in [0, 0.1) is 6.92 Å². The van der Waals surface area contributed by atoms with Crippen LogP contribution in [0.1, 0.15) is 11.1 Å². The first-order valence-corrected chi connectivity index (χ1v) is 9.55. The highest BCUT2D eigenvalue weighted by atomic mass is 16.5. The Morgan fingerprint density at radius 2 is 1.93 bits per heavy atom. The van der Waals surface area contributed by atoms with Gasteiger partial charge in [-0.3, -0.25) is 4.79 Å². The third-order valence-electron chi connectivity index (χ3n) is 5.01. The Morgan fingerprint density at radius 3 is 2.69 bits per heavy atom. The summed E-state index contributed by atoms with van der Waals surface area (Å²) >= 11 is 0. The fourth-order valence-corrected chi connectivity index (χ4v) is 3.31. The standard InChI is InChI=1S/C22H23N5O2/c1-16-6-8-17(9-7-16)14-26-10-11-27(15-21(26)28)22-24-20(13-23-25-22)18-4-3-5-19(12-18)29-2/h3-9,12-13H,10-11,14-15H2,1-2H3. The number of rotatable bonds is 5. The van der Waals surface area contributed by atoms with Gasteiger partial charge in [0.25, 0.3) is 0 Å². The maximum Gasteiger partial charge on any atom is 0.246 e. The number of carbonyl (C=O) groups excluding carboxylic acids is 1. The molecule has 2 heterocycles. The van der Waals surface area contributed by atoms with Gasteiger partial charge in [0.15, 0.2) is 0 Å². The van der Waals surface area contributed by atoms with Crippen LogP contribution in [0.15, 0.2) is 54.7 Å². The van der Waals surface area contributed by atoms with Crippen LogP contribution in [-0.2, 0) is 11.3 Å². The van der Waals surface area contributed by atoms with Gasteiger partial charge in [-0.1, -0.05) is 42.0 Å². The summed E-state index contributed by atoms with van der Waals surface area (Å²) in [6, 6.07) is 15.9. The van der Waals surface area contributed by atoms with E-state index < -0.39 is 0 Å². The lowest BCUT2D eigenvalue weighted by atomic mass is 10.1. The monoisotopic (exact) mass is 389 g/mol. The number of aromatic nitrogens is 3. The van der Waals surface area contributed by atoms with Crippen molar-refractivity contribution >= 4 is 11.9 Å². The predicted molar refractivity (Wildman–Crippen MR) is 111 cm³/mol. The van der Waals surface area contributed by atoms with Crippen molar-refractivity contribution in [2.24, 2.45) is 0 Å². The number of hydrogen-bond acceptors (Lipinski definition) is 6. The minimum atomic E-state index is 0.0622. The number of methoxy groups -OCH3 is 1. The molecule has 1 fully saturated rings. The first kappa shape index (κ1) is 18.9. The topological polar surface area (TPSA) is 71.5 Å². The molecule has 1 amide bonds. The van der Waals surface area contributed by atoms with Crippen LogP contribution in [0.5, 0.6) is 5.75 Å². The van der Waals surface area contributed by atoms with Crippen molar-refractivity contribution in [3.05, 3.63) is 65.9 Å². The summed E-state index contributed by atoms with van der Waals surface area (Å²) in [6.07, 6.45) is 1.62. The van der Waals surface area contributed by atoms with Crippen molar-refractivity contribution in [3.8, 4) is 17.0 Å². The number of aryl methyl sites for hydroxylation is 1. The van der Waals surface area contributed by atoms with Crippen LogP contribution < -0.4 is 9.64 Å². The average molecular weight is 389 g/mol. The number of piperazine rings is 1. The number of carbonyl (C=O) groups is 1. The largest absolute Gasteiger partial charge is 0.497 e. The number of hydrogen-bond donors (Lipinski definition) is 0. The number of ether oxygens (including phenoxy) is 1. The predicted octanol–water partition coefficient (Wildman–Crippen LogP) is 2.70. The highest BCUT2D eigenvalue weighted by molar-refractivity contribution is 5.82. The third kappa shape index (κ3) is 4.34. The molecule has 7 heteroatoms. The fraction of sp³-hybridized carbons (Fsp3) is 0.273. The molecule has 1 aromatic heterocycles. The van der Waals surface area contributed by atoms with Crippen LogP contribution in [0.2, 0.25) is 0 Å². The molecule has 4 rings (SSSR count). The van der Waals surface area contributed by atoms with E-state index in [1.54, 1.807) is 13.3 Å². The summed E-state index contributed by atoms with van der Waals surface area (Å²) in [6.45, 7) is 4.21. The smallest absolute Gasteiger partial charge is 0.246 e.